The zero-order chi connectivity index (χ0) is 20.4. The zero-order valence-electron chi connectivity index (χ0n) is 15.8. The molecule has 1 aliphatic rings. The number of esters is 1. The molecule has 0 fully saturated rings. The highest BCUT2D eigenvalue weighted by molar-refractivity contribution is 6.42. The number of amides is 1. The molecule has 1 heterocycles. The van der Waals surface area contributed by atoms with Crippen LogP contribution in [0.5, 0.6) is 0 Å². The van der Waals surface area contributed by atoms with E-state index in [1.54, 1.807) is 38.1 Å². The minimum Gasteiger partial charge on any atom is -0.462 e. The Labute approximate surface area is 174 Å². The first-order valence-electron chi connectivity index (χ1n) is 8.79. The van der Waals surface area contributed by atoms with E-state index in [0.29, 0.717) is 27.0 Å². The number of aryl methyl sites for hydroxylation is 1. The third-order valence-electron chi connectivity index (χ3n) is 4.43. The van der Waals surface area contributed by atoms with Gasteiger partial charge in [0.25, 0.3) is 5.91 Å². The number of allylic oxidation sites excluding steroid dienone is 1. The van der Waals surface area contributed by atoms with E-state index in [-0.39, 0.29) is 23.7 Å². The van der Waals surface area contributed by atoms with Crippen LogP contribution in [0.2, 0.25) is 10.0 Å². The zero-order valence-corrected chi connectivity index (χ0v) is 17.3. The normalized spacial score (nSPS) is 15.5. The van der Waals surface area contributed by atoms with Crippen LogP contribution in [0.15, 0.2) is 59.3 Å². The summed E-state index contributed by atoms with van der Waals surface area (Å²) >= 11 is 12.1. The lowest BCUT2D eigenvalue weighted by molar-refractivity contribution is -0.138. The van der Waals surface area contributed by atoms with Crippen LogP contribution in [0.4, 0.5) is 5.69 Å². The van der Waals surface area contributed by atoms with E-state index in [1.165, 1.54) is 4.90 Å². The molecule has 2 aromatic carbocycles. The minimum atomic E-state index is -0.533. The van der Waals surface area contributed by atoms with Gasteiger partial charge in [0.1, 0.15) is 0 Å². The number of benzene rings is 2. The average molecular weight is 416 g/mol. The quantitative estimate of drug-likeness (QED) is 0.484. The van der Waals surface area contributed by atoms with Gasteiger partial charge in [0.2, 0.25) is 0 Å². The molecule has 0 atom stereocenters. The van der Waals surface area contributed by atoms with Crippen molar-refractivity contribution in [2.45, 2.75) is 20.8 Å². The Kier molecular flexibility index (Phi) is 5.92. The number of halogens is 2. The first kappa shape index (κ1) is 20.2. The molecule has 3 rings (SSSR count). The van der Waals surface area contributed by atoms with Gasteiger partial charge < -0.3 is 4.74 Å². The lowest BCUT2D eigenvalue weighted by Crippen LogP contribution is -2.24. The topological polar surface area (TPSA) is 46.6 Å². The number of ether oxygens (including phenoxy) is 1. The molecule has 1 aliphatic heterocycles. The predicted octanol–water partition coefficient (Wildman–Crippen LogP) is 5.57. The average Bonchev–Trinajstić information content (AvgIpc) is 2.89. The van der Waals surface area contributed by atoms with Gasteiger partial charge in [-0.2, -0.15) is 0 Å². The van der Waals surface area contributed by atoms with Crippen molar-refractivity contribution in [2.24, 2.45) is 0 Å². The van der Waals surface area contributed by atoms with Crippen LogP contribution in [-0.4, -0.2) is 18.5 Å². The number of carbonyl (C=O) groups is 2. The molecular weight excluding hydrogens is 397 g/mol. The summed E-state index contributed by atoms with van der Waals surface area (Å²) in [4.78, 5) is 27.4. The molecule has 0 aromatic heterocycles. The van der Waals surface area contributed by atoms with Crippen LogP contribution in [0.1, 0.15) is 25.0 Å². The predicted molar refractivity (Wildman–Crippen MR) is 112 cm³/mol. The second-order valence-electron chi connectivity index (χ2n) is 6.39. The summed E-state index contributed by atoms with van der Waals surface area (Å²) < 4.78 is 5.19. The highest BCUT2D eigenvalue weighted by atomic mass is 35.5. The largest absolute Gasteiger partial charge is 0.462 e. The van der Waals surface area contributed by atoms with Crippen molar-refractivity contribution >= 4 is 46.8 Å². The van der Waals surface area contributed by atoms with Crippen molar-refractivity contribution in [3.8, 4) is 0 Å². The Balaban J connectivity index is 2.13. The molecule has 144 valence electrons. The third-order valence-corrected chi connectivity index (χ3v) is 5.17. The fraction of sp³-hybridized carbons (Fsp3) is 0.182. The molecule has 0 saturated carbocycles. The number of rotatable bonds is 4. The molecule has 0 unspecified atom stereocenters. The van der Waals surface area contributed by atoms with Crippen molar-refractivity contribution in [1.29, 1.82) is 0 Å². The molecule has 28 heavy (non-hydrogen) atoms. The number of anilines is 1. The van der Waals surface area contributed by atoms with E-state index in [9.17, 15) is 9.59 Å². The van der Waals surface area contributed by atoms with Crippen LogP contribution in [-0.2, 0) is 14.3 Å². The Morgan fingerprint density at radius 2 is 1.75 bits per heavy atom. The van der Waals surface area contributed by atoms with Crippen molar-refractivity contribution in [3.05, 3.63) is 80.5 Å². The maximum atomic E-state index is 13.2. The Bertz CT molecular complexity index is 1010. The SMILES string of the molecule is CCOC(=O)C1=C(C)N(c2ccc(C)cc2)C(=O)C1=Cc1ccc(Cl)c(Cl)c1. The highest BCUT2D eigenvalue weighted by Gasteiger charge is 2.38. The van der Waals surface area contributed by atoms with Gasteiger partial charge in [-0.3, -0.25) is 9.69 Å². The fourth-order valence-corrected chi connectivity index (χ4v) is 3.36. The van der Waals surface area contributed by atoms with Crippen LogP contribution >= 0.6 is 23.2 Å². The van der Waals surface area contributed by atoms with Gasteiger partial charge >= 0.3 is 5.97 Å². The van der Waals surface area contributed by atoms with Gasteiger partial charge in [-0.15, -0.1) is 0 Å². The number of hydrogen-bond acceptors (Lipinski definition) is 3. The van der Waals surface area contributed by atoms with Crippen molar-refractivity contribution in [3.63, 3.8) is 0 Å². The first-order chi connectivity index (χ1) is 13.3. The number of nitrogens with zero attached hydrogens (tertiary/aromatic N) is 1. The maximum Gasteiger partial charge on any atom is 0.340 e. The summed E-state index contributed by atoms with van der Waals surface area (Å²) in [5.41, 5.74) is 3.46. The summed E-state index contributed by atoms with van der Waals surface area (Å²) in [6.45, 7) is 5.65. The van der Waals surface area contributed by atoms with Crippen LogP contribution in [0.3, 0.4) is 0 Å². The Hall–Kier alpha value is -2.56. The van der Waals surface area contributed by atoms with Crippen molar-refractivity contribution in [2.75, 3.05) is 11.5 Å². The van der Waals surface area contributed by atoms with Gasteiger partial charge in [-0.05, 0) is 56.7 Å². The molecule has 4 nitrogen and oxygen atoms in total. The van der Waals surface area contributed by atoms with Crippen molar-refractivity contribution in [1.82, 2.24) is 0 Å². The second-order valence-corrected chi connectivity index (χ2v) is 7.20. The molecular formula is C22H19Cl2NO3. The second kappa shape index (κ2) is 8.21. The Morgan fingerprint density at radius 1 is 1.07 bits per heavy atom. The molecule has 1 amide bonds. The fourth-order valence-electron chi connectivity index (χ4n) is 3.05. The van der Waals surface area contributed by atoms with E-state index in [2.05, 4.69) is 0 Å². The van der Waals surface area contributed by atoms with Crippen molar-refractivity contribution < 1.29 is 14.3 Å². The van der Waals surface area contributed by atoms with E-state index in [0.717, 1.165) is 5.56 Å². The van der Waals surface area contributed by atoms with Crippen LogP contribution in [0, 0.1) is 6.92 Å². The van der Waals surface area contributed by atoms with Gasteiger partial charge in [-0.1, -0.05) is 47.0 Å². The first-order valence-corrected chi connectivity index (χ1v) is 9.55. The summed E-state index contributed by atoms with van der Waals surface area (Å²) in [5.74, 6) is -0.829. The third kappa shape index (κ3) is 3.84. The minimum absolute atomic E-state index is 0.217. The summed E-state index contributed by atoms with van der Waals surface area (Å²) in [6.07, 6.45) is 1.63. The molecule has 0 N–H and O–H groups in total. The molecule has 2 aromatic rings. The molecule has 0 saturated heterocycles. The maximum absolute atomic E-state index is 13.2. The van der Waals surface area contributed by atoms with Gasteiger partial charge in [0.15, 0.2) is 0 Å². The number of carbonyl (C=O) groups excluding carboxylic acids is 2. The van der Waals surface area contributed by atoms with Crippen LogP contribution < -0.4 is 4.90 Å². The summed E-state index contributed by atoms with van der Waals surface area (Å²) in [5, 5.41) is 0.787. The Morgan fingerprint density at radius 3 is 2.36 bits per heavy atom. The summed E-state index contributed by atoms with van der Waals surface area (Å²) in [6, 6.07) is 12.6. The highest BCUT2D eigenvalue weighted by Crippen LogP contribution is 2.36. The standard InChI is InChI=1S/C22H19Cl2NO3/c1-4-28-22(27)20-14(3)25(16-8-5-13(2)6-9-16)21(26)17(20)11-15-7-10-18(23)19(24)12-15/h5-12H,4H2,1-3H3. The van der Waals surface area contributed by atoms with E-state index in [4.69, 9.17) is 27.9 Å². The smallest absolute Gasteiger partial charge is 0.340 e. The molecule has 0 bridgehead atoms. The van der Waals surface area contributed by atoms with E-state index >= 15 is 0 Å². The molecule has 0 spiro atoms. The molecule has 0 radical (unpaired) electrons. The monoisotopic (exact) mass is 415 g/mol. The lowest BCUT2D eigenvalue weighted by atomic mass is 10.0. The summed E-state index contributed by atoms with van der Waals surface area (Å²) in [7, 11) is 0. The van der Waals surface area contributed by atoms with Gasteiger partial charge in [0, 0.05) is 11.4 Å². The van der Waals surface area contributed by atoms with Crippen LogP contribution in [0.25, 0.3) is 6.08 Å². The van der Waals surface area contributed by atoms with E-state index < -0.39 is 5.97 Å². The van der Waals surface area contributed by atoms with Gasteiger partial charge in [0.05, 0.1) is 27.8 Å². The van der Waals surface area contributed by atoms with Gasteiger partial charge in [-0.25, -0.2) is 4.79 Å². The molecule has 6 heteroatoms. The number of hydrogen-bond donors (Lipinski definition) is 0. The lowest BCUT2D eigenvalue weighted by Gasteiger charge is -2.18. The molecule has 0 aliphatic carbocycles. The van der Waals surface area contributed by atoms with E-state index in [1.807, 2.05) is 31.2 Å².